The van der Waals surface area contributed by atoms with Gasteiger partial charge in [-0.1, -0.05) is 18.2 Å². The Labute approximate surface area is 153 Å². The predicted molar refractivity (Wildman–Crippen MR) is 102 cm³/mol. The number of fused-ring (bicyclic) bond motifs is 1. The van der Waals surface area contributed by atoms with Crippen LogP contribution in [0.15, 0.2) is 42.5 Å². The molecule has 1 saturated heterocycles. The van der Waals surface area contributed by atoms with Crippen LogP contribution in [0.2, 0.25) is 0 Å². The molecular weight excluding hydrogens is 326 g/mol. The van der Waals surface area contributed by atoms with Crippen LogP contribution in [0.4, 0.5) is 0 Å². The molecule has 1 aromatic heterocycles. The maximum absolute atomic E-state index is 5.98. The molecule has 0 saturated carbocycles. The van der Waals surface area contributed by atoms with Gasteiger partial charge in [0.15, 0.2) is 6.23 Å². The van der Waals surface area contributed by atoms with Crippen LogP contribution >= 0.6 is 0 Å². The van der Waals surface area contributed by atoms with Gasteiger partial charge in [0, 0.05) is 17.6 Å². The number of benzene rings is 2. The Morgan fingerprint density at radius 3 is 3.04 bits per heavy atom. The van der Waals surface area contributed by atoms with Crippen LogP contribution < -0.4 is 10.5 Å². The molecule has 1 radical (unpaired) electrons. The number of nitrogens with zero attached hydrogens (tertiary/aromatic N) is 2. The minimum Gasteiger partial charge on any atom is -0.494 e. The highest BCUT2D eigenvalue weighted by molar-refractivity contribution is 5.94. The van der Waals surface area contributed by atoms with E-state index >= 15 is 0 Å². The lowest BCUT2D eigenvalue weighted by Gasteiger charge is -2.23. The van der Waals surface area contributed by atoms with Crippen molar-refractivity contribution >= 4 is 10.9 Å². The van der Waals surface area contributed by atoms with Gasteiger partial charge in [-0.05, 0) is 62.6 Å². The fraction of sp³-hybridized carbons (Fsp3) is 0.381. The molecule has 1 fully saturated rings. The van der Waals surface area contributed by atoms with Crippen molar-refractivity contribution in [2.24, 2.45) is 5.73 Å². The smallest absolute Gasteiger partial charge is 0.150 e. The molecule has 2 aromatic carbocycles. The molecule has 26 heavy (non-hydrogen) atoms. The Kier molecular flexibility index (Phi) is 5.18. The molecule has 0 aliphatic carbocycles. The average molecular weight is 350 g/mol. The second kappa shape index (κ2) is 7.89. The van der Waals surface area contributed by atoms with Gasteiger partial charge in [-0.3, -0.25) is 0 Å². The Balaban J connectivity index is 1.77. The van der Waals surface area contributed by atoms with Crippen molar-refractivity contribution in [3.8, 4) is 17.0 Å². The zero-order valence-electron chi connectivity index (χ0n) is 14.9. The molecule has 4 rings (SSSR count). The van der Waals surface area contributed by atoms with Gasteiger partial charge < -0.3 is 15.2 Å². The summed E-state index contributed by atoms with van der Waals surface area (Å²) in [6.07, 6.45) is 4.12. The third-order valence-corrected chi connectivity index (χ3v) is 4.70. The Morgan fingerprint density at radius 1 is 1.31 bits per heavy atom. The first-order valence-electron chi connectivity index (χ1n) is 9.30. The Hall–Kier alpha value is -2.37. The highest BCUT2D eigenvalue weighted by Gasteiger charge is 2.22. The molecule has 0 spiro atoms. The van der Waals surface area contributed by atoms with Crippen molar-refractivity contribution in [2.45, 2.75) is 31.9 Å². The summed E-state index contributed by atoms with van der Waals surface area (Å²) in [4.78, 5) is 0. The molecule has 1 unspecified atom stereocenters. The summed E-state index contributed by atoms with van der Waals surface area (Å²) in [5, 5.41) is 5.99. The number of ether oxygens (including phenoxy) is 2. The lowest BCUT2D eigenvalue weighted by molar-refractivity contribution is -0.0365. The van der Waals surface area contributed by atoms with Gasteiger partial charge in [0.05, 0.1) is 12.1 Å². The van der Waals surface area contributed by atoms with Gasteiger partial charge in [-0.25, -0.2) is 4.68 Å². The summed E-state index contributed by atoms with van der Waals surface area (Å²) in [5.41, 5.74) is 8.62. The van der Waals surface area contributed by atoms with Crippen molar-refractivity contribution in [3.05, 3.63) is 48.5 Å². The van der Waals surface area contributed by atoms with Crippen LogP contribution in [0.3, 0.4) is 0 Å². The standard InChI is InChI=1S/C21H24N3O2/c22-12-6-14-25-17-10-11-19-18(15-17)21(16-7-2-1-3-8-16)23-24(19)20-9-4-5-13-26-20/h1-2,7-8,10-11,15,20H,4-6,9,12-14,22H2. The quantitative estimate of drug-likeness (QED) is 0.684. The Morgan fingerprint density at radius 2 is 2.27 bits per heavy atom. The fourth-order valence-electron chi connectivity index (χ4n) is 3.37. The number of rotatable bonds is 6. The lowest BCUT2D eigenvalue weighted by atomic mass is 10.1. The van der Waals surface area contributed by atoms with E-state index < -0.39 is 0 Å². The summed E-state index contributed by atoms with van der Waals surface area (Å²) < 4.78 is 13.9. The first-order chi connectivity index (χ1) is 12.9. The van der Waals surface area contributed by atoms with Crippen molar-refractivity contribution in [1.29, 1.82) is 0 Å². The molecule has 1 atom stereocenters. The molecule has 2 N–H and O–H groups in total. The van der Waals surface area contributed by atoms with Crippen LogP contribution in [0.1, 0.15) is 31.9 Å². The van der Waals surface area contributed by atoms with Crippen LogP contribution in [0.5, 0.6) is 5.75 Å². The zero-order chi connectivity index (χ0) is 17.8. The number of hydrogen-bond donors (Lipinski definition) is 1. The van der Waals surface area contributed by atoms with Gasteiger partial charge in [-0.2, -0.15) is 5.10 Å². The summed E-state index contributed by atoms with van der Waals surface area (Å²) in [6, 6.07) is 17.2. The molecule has 5 nitrogen and oxygen atoms in total. The highest BCUT2D eigenvalue weighted by atomic mass is 16.5. The van der Waals surface area contributed by atoms with Crippen molar-refractivity contribution in [1.82, 2.24) is 9.78 Å². The van der Waals surface area contributed by atoms with Gasteiger partial charge in [-0.15, -0.1) is 0 Å². The normalized spacial score (nSPS) is 17.5. The first kappa shape index (κ1) is 17.1. The van der Waals surface area contributed by atoms with Crippen molar-refractivity contribution < 1.29 is 9.47 Å². The van der Waals surface area contributed by atoms with E-state index in [1.54, 1.807) is 0 Å². The Bertz CT molecular complexity index is 854. The second-order valence-corrected chi connectivity index (χ2v) is 6.58. The molecule has 135 valence electrons. The van der Waals surface area contributed by atoms with E-state index in [0.29, 0.717) is 13.2 Å². The number of hydrogen-bond acceptors (Lipinski definition) is 4. The van der Waals surface area contributed by atoms with Crippen LogP contribution in [0, 0.1) is 6.07 Å². The summed E-state index contributed by atoms with van der Waals surface area (Å²) >= 11 is 0. The number of aromatic nitrogens is 2. The molecule has 5 heteroatoms. The molecule has 0 amide bonds. The van der Waals surface area contributed by atoms with Crippen molar-refractivity contribution in [3.63, 3.8) is 0 Å². The van der Waals surface area contributed by atoms with E-state index in [4.69, 9.17) is 20.3 Å². The zero-order valence-corrected chi connectivity index (χ0v) is 14.9. The van der Waals surface area contributed by atoms with Crippen LogP contribution in [-0.4, -0.2) is 29.5 Å². The van der Waals surface area contributed by atoms with E-state index in [-0.39, 0.29) is 6.23 Å². The van der Waals surface area contributed by atoms with Gasteiger partial charge in [0.25, 0.3) is 0 Å². The van der Waals surface area contributed by atoms with Gasteiger partial charge >= 0.3 is 0 Å². The van der Waals surface area contributed by atoms with Crippen molar-refractivity contribution in [2.75, 3.05) is 19.8 Å². The monoisotopic (exact) mass is 350 g/mol. The first-order valence-corrected chi connectivity index (χ1v) is 9.30. The fourth-order valence-corrected chi connectivity index (χ4v) is 3.37. The highest BCUT2D eigenvalue weighted by Crippen LogP contribution is 2.34. The molecule has 3 aromatic rings. The van der Waals surface area contributed by atoms with Gasteiger partial charge in [0.1, 0.15) is 11.4 Å². The topological polar surface area (TPSA) is 62.3 Å². The largest absolute Gasteiger partial charge is 0.494 e. The molecule has 0 bridgehead atoms. The number of nitrogens with two attached hydrogens (primary N) is 1. The average Bonchev–Trinajstić information content (AvgIpc) is 3.08. The van der Waals surface area contributed by atoms with E-state index in [0.717, 1.165) is 53.8 Å². The maximum Gasteiger partial charge on any atom is 0.150 e. The van der Waals surface area contributed by atoms with E-state index in [1.165, 1.54) is 6.42 Å². The van der Waals surface area contributed by atoms with Crippen LogP contribution in [0.25, 0.3) is 22.2 Å². The SMILES string of the molecule is NCCCOc1ccc2c(c1)c(-c1c[c]ccc1)nn2C1CCCCO1. The van der Waals surface area contributed by atoms with E-state index in [2.05, 4.69) is 24.3 Å². The summed E-state index contributed by atoms with van der Waals surface area (Å²) in [7, 11) is 0. The van der Waals surface area contributed by atoms with Gasteiger partial charge in [0.2, 0.25) is 0 Å². The summed E-state index contributed by atoms with van der Waals surface area (Å²) in [5.74, 6) is 0.844. The third kappa shape index (κ3) is 3.45. The lowest BCUT2D eigenvalue weighted by Crippen LogP contribution is -2.19. The molecular formula is C21H24N3O2. The maximum atomic E-state index is 5.98. The molecule has 1 aliphatic heterocycles. The predicted octanol–water partition coefficient (Wildman–Crippen LogP) is 3.93. The third-order valence-electron chi connectivity index (χ3n) is 4.70. The minimum absolute atomic E-state index is 0.00306. The molecule has 2 heterocycles. The van der Waals surface area contributed by atoms with Crippen LogP contribution in [-0.2, 0) is 4.74 Å². The van der Waals surface area contributed by atoms with E-state index in [9.17, 15) is 0 Å². The summed E-state index contributed by atoms with van der Waals surface area (Å²) in [6.45, 7) is 2.04. The van der Waals surface area contributed by atoms with E-state index in [1.807, 2.05) is 28.9 Å². The molecule has 1 aliphatic rings. The minimum atomic E-state index is -0.00306. The second-order valence-electron chi connectivity index (χ2n) is 6.58.